The average Bonchev–Trinajstić information content (AvgIpc) is 1.97. The fourth-order valence-corrected chi connectivity index (χ4v) is 2.00. The SMILES string of the molecule is CC=CC(=O)SCCCS(=O)(=O)[O-].[Na+]. The molecular weight excluding hydrogens is 235 g/mol. The molecule has 0 radical (unpaired) electrons. The Labute approximate surface area is 111 Å². The molecule has 4 nitrogen and oxygen atoms in total. The second kappa shape index (κ2) is 8.94. The summed E-state index contributed by atoms with van der Waals surface area (Å²) in [6, 6.07) is 0. The zero-order valence-electron chi connectivity index (χ0n) is 8.23. The fraction of sp³-hybridized carbons (Fsp3) is 0.571. The predicted octanol–water partition coefficient (Wildman–Crippen LogP) is -2.24. The first-order valence-corrected chi connectivity index (χ1v) is 6.25. The van der Waals surface area contributed by atoms with Gasteiger partial charge in [0.15, 0.2) is 0 Å². The van der Waals surface area contributed by atoms with Crippen molar-refractivity contribution < 1.29 is 47.3 Å². The van der Waals surface area contributed by atoms with Crippen LogP contribution in [0.4, 0.5) is 0 Å². The summed E-state index contributed by atoms with van der Waals surface area (Å²) in [7, 11) is -4.13. The smallest absolute Gasteiger partial charge is 0.748 e. The zero-order chi connectivity index (χ0) is 10.3. The van der Waals surface area contributed by atoms with Crippen molar-refractivity contribution in [3.8, 4) is 0 Å². The van der Waals surface area contributed by atoms with Gasteiger partial charge in [-0.2, -0.15) is 0 Å². The van der Waals surface area contributed by atoms with Gasteiger partial charge in [0, 0.05) is 11.5 Å². The molecule has 14 heavy (non-hydrogen) atoms. The van der Waals surface area contributed by atoms with Crippen LogP contribution in [0.25, 0.3) is 0 Å². The van der Waals surface area contributed by atoms with Crippen LogP contribution in [0, 0.1) is 0 Å². The molecule has 7 heteroatoms. The minimum Gasteiger partial charge on any atom is -0.748 e. The molecule has 0 N–H and O–H groups in total. The second-order valence-corrected chi connectivity index (χ2v) is 4.91. The molecule has 0 aromatic carbocycles. The molecule has 0 saturated carbocycles. The van der Waals surface area contributed by atoms with E-state index >= 15 is 0 Å². The van der Waals surface area contributed by atoms with Crippen LogP contribution < -0.4 is 29.6 Å². The van der Waals surface area contributed by atoms with Crippen molar-refractivity contribution >= 4 is 27.0 Å². The van der Waals surface area contributed by atoms with Crippen LogP contribution in [0.1, 0.15) is 13.3 Å². The van der Waals surface area contributed by atoms with Crippen molar-refractivity contribution in [2.24, 2.45) is 0 Å². The molecule has 0 spiro atoms. The molecule has 0 bridgehead atoms. The normalized spacial score (nSPS) is 11.3. The van der Waals surface area contributed by atoms with Gasteiger partial charge in [0.2, 0.25) is 5.12 Å². The van der Waals surface area contributed by atoms with Crippen LogP contribution in [-0.2, 0) is 14.9 Å². The monoisotopic (exact) mass is 246 g/mol. The molecule has 0 saturated heterocycles. The number of carbonyl (C=O) groups excluding carboxylic acids is 1. The minimum atomic E-state index is -4.13. The third kappa shape index (κ3) is 12.7. The van der Waals surface area contributed by atoms with Crippen LogP contribution in [0.2, 0.25) is 0 Å². The molecule has 0 fully saturated rings. The maximum Gasteiger partial charge on any atom is 1.00 e. The Bertz CT molecular complexity index is 284. The third-order valence-corrected chi connectivity index (χ3v) is 2.79. The van der Waals surface area contributed by atoms with Gasteiger partial charge < -0.3 is 4.55 Å². The van der Waals surface area contributed by atoms with Crippen molar-refractivity contribution in [1.82, 2.24) is 0 Å². The number of carbonyl (C=O) groups is 1. The first kappa shape index (κ1) is 17.1. The maximum absolute atomic E-state index is 10.8. The molecule has 0 rings (SSSR count). The maximum atomic E-state index is 10.8. The van der Waals surface area contributed by atoms with Crippen molar-refractivity contribution in [2.45, 2.75) is 13.3 Å². The number of allylic oxidation sites excluding steroid dienone is 1. The van der Waals surface area contributed by atoms with Crippen molar-refractivity contribution in [2.75, 3.05) is 11.5 Å². The van der Waals surface area contributed by atoms with E-state index in [-0.39, 0.29) is 41.1 Å². The molecular formula is C7H11NaO4S2. The summed E-state index contributed by atoms with van der Waals surface area (Å²) in [5, 5.41) is -0.120. The van der Waals surface area contributed by atoms with E-state index in [1.807, 2.05) is 0 Å². The summed E-state index contributed by atoms with van der Waals surface area (Å²) < 4.78 is 30.4. The first-order chi connectivity index (χ1) is 5.95. The topological polar surface area (TPSA) is 74.3 Å². The summed E-state index contributed by atoms with van der Waals surface area (Å²) >= 11 is 1.01. The minimum absolute atomic E-state index is 0. The van der Waals surface area contributed by atoms with Crippen molar-refractivity contribution in [3.63, 3.8) is 0 Å². The first-order valence-electron chi connectivity index (χ1n) is 3.68. The Morgan fingerprint density at radius 3 is 2.50 bits per heavy atom. The third-order valence-electron chi connectivity index (χ3n) is 1.09. The van der Waals surface area contributed by atoms with Gasteiger partial charge in [-0.25, -0.2) is 8.42 Å². The fourth-order valence-electron chi connectivity index (χ4n) is 0.593. The van der Waals surface area contributed by atoms with E-state index in [0.29, 0.717) is 5.75 Å². The molecule has 0 aromatic heterocycles. The van der Waals surface area contributed by atoms with Gasteiger partial charge in [-0.3, -0.25) is 4.79 Å². The van der Waals surface area contributed by atoms with Crippen molar-refractivity contribution in [3.05, 3.63) is 12.2 Å². The molecule has 0 amide bonds. The van der Waals surface area contributed by atoms with Crippen LogP contribution in [-0.4, -0.2) is 29.6 Å². The molecule has 76 valence electrons. The van der Waals surface area contributed by atoms with Gasteiger partial charge in [0.1, 0.15) is 0 Å². The summed E-state index contributed by atoms with van der Waals surface area (Å²) in [6.07, 6.45) is 3.23. The van der Waals surface area contributed by atoms with Gasteiger partial charge in [-0.05, 0) is 19.4 Å². The summed E-state index contributed by atoms with van der Waals surface area (Å²) in [5.41, 5.74) is 0. The molecule has 0 unspecified atom stereocenters. The van der Waals surface area contributed by atoms with Crippen LogP contribution in [0.15, 0.2) is 12.2 Å². The van der Waals surface area contributed by atoms with E-state index in [1.54, 1.807) is 13.0 Å². The van der Waals surface area contributed by atoms with E-state index in [4.69, 9.17) is 0 Å². The summed E-state index contributed by atoms with van der Waals surface area (Å²) in [6.45, 7) is 1.72. The van der Waals surface area contributed by atoms with Gasteiger partial charge >= 0.3 is 29.6 Å². The summed E-state index contributed by atoms with van der Waals surface area (Å²) in [4.78, 5) is 10.8. The van der Waals surface area contributed by atoms with Crippen molar-refractivity contribution in [1.29, 1.82) is 0 Å². The Hall–Kier alpha value is 0.670. The number of rotatable bonds is 5. The van der Waals surface area contributed by atoms with Gasteiger partial charge in [0.05, 0.1) is 10.1 Å². The number of hydrogen-bond donors (Lipinski definition) is 0. The van der Waals surface area contributed by atoms with Crippen LogP contribution in [0.5, 0.6) is 0 Å². The standard InChI is InChI=1S/C7H12O4S2.Na/c1-2-4-7(8)12-5-3-6-13(9,10)11;/h2,4H,3,5-6H2,1H3,(H,9,10,11);/q;+1/p-1. The summed E-state index contributed by atoms with van der Waals surface area (Å²) in [5.74, 6) is -0.0340. The van der Waals surface area contributed by atoms with E-state index in [2.05, 4.69) is 0 Å². The number of hydrogen-bond acceptors (Lipinski definition) is 5. The Balaban J connectivity index is 0. The van der Waals surface area contributed by atoms with Gasteiger partial charge in [0.25, 0.3) is 0 Å². The molecule has 0 aliphatic heterocycles. The quantitative estimate of drug-likeness (QED) is 0.237. The Morgan fingerprint density at radius 2 is 2.07 bits per heavy atom. The van der Waals surface area contributed by atoms with E-state index < -0.39 is 15.9 Å². The molecule has 0 aliphatic rings. The second-order valence-electron chi connectivity index (χ2n) is 2.28. The molecule has 0 aliphatic carbocycles. The molecule has 0 heterocycles. The Kier molecular flexibility index (Phi) is 10.9. The van der Waals surface area contributed by atoms with Gasteiger partial charge in [-0.1, -0.05) is 17.8 Å². The van der Waals surface area contributed by atoms with E-state index in [9.17, 15) is 17.8 Å². The Morgan fingerprint density at radius 1 is 1.50 bits per heavy atom. The van der Waals surface area contributed by atoms with E-state index in [1.165, 1.54) is 6.08 Å². The molecule has 0 aromatic rings. The largest absolute Gasteiger partial charge is 1.00 e. The van der Waals surface area contributed by atoms with Gasteiger partial charge in [-0.15, -0.1) is 0 Å². The zero-order valence-corrected chi connectivity index (χ0v) is 11.9. The predicted molar refractivity (Wildman–Crippen MR) is 51.5 cm³/mol. The molecule has 0 atom stereocenters. The van der Waals surface area contributed by atoms with E-state index in [0.717, 1.165) is 11.8 Å². The average molecular weight is 246 g/mol. The van der Waals surface area contributed by atoms with Crippen LogP contribution in [0.3, 0.4) is 0 Å². The number of thioether (sulfide) groups is 1. The van der Waals surface area contributed by atoms with Crippen LogP contribution >= 0.6 is 11.8 Å².